The van der Waals surface area contributed by atoms with Crippen LogP contribution in [-0.4, -0.2) is 57.4 Å². The van der Waals surface area contributed by atoms with Crippen LogP contribution in [0.3, 0.4) is 0 Å². The number of hydrogen-bond donors (Lipinski definition) is 0. The zero-order valence-corrected chi connectivity index (χ0v) is 19.4. The van der Waals surface area contributed by atoms with Crippen LogP contribution in [0.1, 0.15) is 43.1 Å². The minimum atomic E-state index is -1.05. The van der Waals surface area contributed by atoms with Crippen LogP contribution in [-0.2, 0) is 25.6 Å². The Bertz CT molecular complexity index is 586. The van der Waals surface area contributed by atoms with E-state index in [1.54, 1.807) is 6.08 Å². The summed E-state index contributed by atoms with van der Waals surface area (Å²) in [5.41, 5.74) is 0.918. The van der Waals surface area contributed by atoms with Crippen LogP contribution < -0.4 is 0 Å². The van der Waals surface area contributed by atoms with Crippen molar-refractivity contribution >= 4 is 8.07 Å². The molecule has 29 heavy (non-hydrogen) atoms. The van der Waals surface area contributed by atoms with Crippen molar-refractivity contribution in [3.8, 4) is 0 Å². The molecule has 1 saturated carbocycles. The SMILES string of the molecule is C=CCOCCOC1CCC(c2nccc(COCOCC[Si](C)(C)C)n2)CC1. The van der Waals surface area contributed by atoms with Gasteiger partial charge in [0.2, 0.25) is 0 Å². The Morgan fingerprint density at radius 3 is 2.59 bits per heavy atom. The van der Waals surface area contributed by atoms with Crippen molar-refractivity contribution in [1.82, 2.24) is 9.97 Å². The fraction of sp³-hybridized carbons (Fsp3) is 0.727. The minimum absolute atomic E-state index is 0.318. The molecule has 1 heterocycles. The van der Waals surface area contributed by atoms with Crippen molar-refractivity contribution in [3.05, 3.63) is 36.4 Å². The Balaban J connectivity index is 1.64. The van der Waals surface area contributed by atoms with Gasteiger partial charge in [0.05, 0.1) is 38.2 Å². The van der Waals surface area contributed by atoms with Gasteiger partial charge in [0, 0.05) is 26.8 Å². The van der Waals surface area contributed by atoms with E-state index in [1.807, 2.05) is 12.3 Å². The summed E-state index contributed by atoms with van der Waals surface area (Å²) < 4.78 is 22.5. The molecule has 7 heteroatoms. The summed E-state index contributed by atoms with van der Waals surface area (Å²) in [5, 5.41) is 0. The van der Waals surface area contributed by atoms with E-state index in [-0.39, 0.29) is 0 Å². The highest BCUT2D eigenvalue weighted by Gasteiger charge is 2.24. The van der Waals surface area contributed by atoms with Crippen LogP contribution >= 0.6 is 0 Å². The molecule has 6 nitrogen and oxygen atoms in total. The smallest absolute Gasteiger partial charge is 0.147 e. The van der Waals surface area contributed by atoms with Crippen LogP contribution in [0.5, 0.6) is 0 Å². The molecule has 0 aromatic carbocycles. The van der Waals surface area contributed by atoms with E-state index in [1.165, 1.54) is 0 Å². The molecule has 0 unspecified atom stereocenters. The first-order valence-corrected chi connectivity index (χ1v) is 14.5. The van der Waals surface area contributed by atoms with E-state index in [9.17, 15) is 0 Å². The van der Waals surface area contributed by atoms with Crippen molar-refractivity contribution < 1.29 is 18.9 Å². The second-order valence-electron chi connectivity index (χ2n) is 8.80. The molecular formula is C22H38N2O4Si. The van der Waals surface area contributed by atoms with E-state index in [0.717, 1.165) is 49.9 Å². The maximum Gasteiger partial charge on any atom is 0.147 e. The molecule has 1 aliphatic rings. The summed E-state index contributed by atoms with van der Waals surface area (Å²) in [6, 6.07) is 3.08. The van der Waals surface area contributed by atoms with Gasteiger partial charge in [0.15, 0.2) is 0 Å². The first kappa shape index (κ1) is 24.1. The van der Waals surface area contributed by atoms with Crippen molar-refractivity contribution in [2.75, 3.05) is 33.2 Å². The van der Waals surface area contributed by atoms with Crippen LogP contribution in [0.15, 0.2) is 24.9 Å². The summed E-state index contributed by atoms with van der Waals surface area (Å²) in [4.78, 5) is 9.22. The molecule has 0 spiro atoms. The highest BCUT2D eigenvalue weighted by atomic mass is 28.3. The molecule has 1 aromatic rings. The predicted octanol–water partition coefficient (Wildman–Crippen LogP) is 4.55. The fourth-order valence-corrected chi connectivity index (χ4v) is 4.02. The maximum absolute atomic E-state index is 5.91. The summed E-state index contributed by atoms with van der Waals surface area (Å²) >= 11 is 0. The first-order chi connectivity index (χ1) is 14.0. The zero-order valence-electron chi connectivity index (χ0n) is 18.4. The van der Waals surface area contributed by atoms with Gasteiger partial charge in [-0.05, 0) is 37.8 Å². The average molecular weight is 423 g/mol. The Hall–Kier alpha value is -1.12. The standard InChI is InChI=1S/C22H38N2O4Si/c1-5-12-25-13-14-28-21-8-6-19(7-9-21)22-23-11-10-20(24-22)17-27-18-26-15-16-29(2,3)4/h5,10-11,19,21H,1,6-9,12-18H2,2-4H3. The molecule has 0 radical (unpaired) electrons. The lowest BCUT2D eigenvalue weighted by atomic mass is 9.87. The molecule has 2 rings (SSSR count). The van der Waals surface area contributed by atoms with Crippen molar-refractivity contribution in [3.63, 3.8) is 0 Å². The van der Waals surface area contributed by atoms with E-state index in [4.69, 9.17) is 23.9 Å². The molecule has 0 aliphatic heterocycles. The van der Waals surface area contributed by atoms with E-state index >= 15 is 0 Å². The highest BCUT2D eigenvalue weighted by Crippen LogP contribution is 2.32. The lowest BCUT2D eigenvalue weighted by molar-refractivity contribution is -0.0583. The third-order valence-electron chi connectivity index (χ3n) is 5.00. The van der Waals surface area contributed by atoms with E-state index < -0.39 is 8.07 Å². The number of ether oxygens (including phenoxy) is 4. The van der Waals surface area contributed by atoms with Crippen LogP contribution in [0.4, 0.5) is 0 Å². The number of hydrogen-bond acceptors (Lipinski definition) is 6. The minimum Gasteiger partial charge on any atom is -0.376 e. The molecule has 0 atom stereocenters. The predicted molar refractivity (Wildman–Crippen MR) is 118 cm³/mol. The Kier molecular flexibility index (Phi) is 11.0. The maximum atomic E-state index is 5.91. The monoisotopic (exact) mass is 422 g/mol. The van der Waals surface area contributed by atoms with Gasteiger partial charge >= 0.3 is 0 Å². The van der Waals surface area contributed by atoms with Crippen LogP contribution in [0.2, 0.25) is 25.7 Å². The second kappa shape index (κ2) is 13.2. The normalized spacial score (nSPS) is 20.0. The summed E-state index contributed by atoms with van der Waals surface area (Å²) in [7, 11) is -1.05. The van der Waals surface area contributed by atoms with Gasteiger partial charge < -0.3 is 18.9 Å². The largest absolute Gasteiger partial charge is 0.376 e. The van der Waals surface area contributed by atoms with Gasteiger partial charge in [0.1, 0.15) is 12.6 Å². The van der Waals surface area contributed by atoms with Gasteiger partial charge in [-0.2, -0.15) is 0 Å². The van der Waals surface area contributed by atoms with Crippen molar-refractivity contribution in [2.24, 2.45) is 0 Å². The Morgan fingerprint density at radius 2 is 1.86 bits per heavy atom. The number of nitrogens with zero attached hydrogens (tertiary/aromatic N) is 2. The fourth-order valence-electron chi connectivity index (χ4n) is 3.26. The number of aromatic nitrogens is 2. The van der Waals surface area contributed by atoms with Gasteiger partial charge in [-0.1, -0.05) is 25.7 Å². The van der Waals surface area contributed by atoms with E-state index in [2.05, 4.69) is 31.2 Å². The molecule has 0 saturated heterocycles. The second-order valence-corrected chi connectivity index (χ2v) is 14.4. The van der Waals surface area contributed by atoms with Gasteiger partial charge in [0.25, 0.3) is 0 Å². The Labute approximate surface area is 177 Å². The lowest BCUT2D eigenvalue weighted by Crippen LogP contribution is -2.23. The molecule has 0 amide bonds. The molecule has 1 fully saturated rings. The molecular weight excluding hydrogens is 384 g/mol. The van der Waals surface area contributed by atoms with Crippen LogP contribution in [0.25, 0.3) is 0 Å². The average Bonchev–Trinajstić information content (AvgIpc) is 2.70. The van der Waals surface area contributed by atoms with Gasteiger partial charge in [-0.3, -0.25) is 0 Å². The lowest BCUT2D eigenvalue weighted by Gasteiger charge is -2.27. The molecule has 0 N–H and O–H groups in total. The van der Waals surface area contributed by atoms with Crippen molar-refractivity contribution in [1.29, 1.82) is 0 Å². The van der Waals surface area contributed by atoms with Crippen LogP contribution in [0, 0.1) is 0 Å². The summed E-state index contributed by atoms with van der Waals surface area (Å²) in [6.07, 6.45) is 8.11. The Morgan fingerprint density at radius 1 is 1.07 bits per heavy atom. The van der Waals surface area contributed by atoms with Crippen molar-refractivity contribution in [2.45, 2.75) is 70.0 Å². The van der Waals surface area contributed by atoms with Gasteiger partial charge in [-0.25, -0.2) is 9.97 Å². The first-order valence-electron chi connectivity index (χ1n) is 10.8. The number of rotatable bonds is 14. The molecule has 1 aromatic heterocycles. The zero-order chi connectivity index (χ0) is 21.0. The summed E-state index contributed by atoms with van der Waals surface area (Å²) in [5.74, 6) is 1.33. The molecule has 0 bridgehead atoms. The quantitative estimate of drug-likeness (QED) is 0.190. The third kappa shape index (κ3) is 10.5. The third-order valence-corrected chi connectivity index (χ3v) is 6.71. The highest BCUT2D eigenvalue weighted by molar-refractivity contribution is 6.76. The topological polar surface area (TPSA) is 62.7 Å². The van der Waals surface area contributed by atoms with E-state index in [0.29, 0.717) is 45.2 Å². The molecule has 164 valence electrons. The molecule has 1 aliphatic carbocycles. The van der Waals surface area contributed by atoms with Gasteiger partial charge in [-0.15, -0.1) is 6.58 Å². The summed E-state index contributed by atoms with van der Waals surface area (Å²) in [6.45, 7) is 14.1.